The van der Waals surface area contributed by atoms with Gasteiger partial charge >= 0.3 is 0 Å². The number of nitriles is 1. The lowest BCUT2D eigenvalue weighted by Crippen LogP contribution is -2.23. The highest BCUT2D eigenvalue weighted by molar-refractivity contribution is 6.01. The van der Waals surface area contributed by atoms with E-state index in [1.807, 2.05) is 80.5 Å². The van der Waals surface area contributed by atoms with E-state index in [1.165, 1.54) is 5.56 Å². The third-order valence-corrected chi connectivity index (χ3v) is 3.66. The quantitative estimate of drug-likeness (QED) is 0.679. The first-order valence-electron chi connectivity index (χ1n) is 7.72. The topological polar surface area (TPSA) is 56.1 Å². The van der Waals surface area contributed by atoms with Crippen molar-refractivity contribution >= 4 is 17.7 Å². The van der Waals surface area contributed by atoms with E-state index in [0.29, 0.717) is 6.54 Å². The predicted octanol–water partition coefficient (Wildman–Crippen LogP) is 3.28. The van der Waals surface area contributed by atoms with Crippen LogP contribution in [0.15, 0.2) is 54.1 Å². The van der Waals surface area contributed by atoms with Gasteiger partial charge in [-0.2, -0.15) is 5.26 Å². The fourth-order valence-electron chi connectivity index (χ4n) is 2.17. The summed E-state index contributed by atoms with van der Waals surface area (Å²) in [6.45, 7) is 2.41. The molecule has 0 saturated heterocycles. The number of carbonyl (C=O) groups excluding carboxylic acids is 1. The van der Waals surface area contributed by atoms with E-state index in [-0.39, 0.29) is 11.5 Å². The van der Waals surface area contributed by atoms with Gasteiger partial charge in [0.25, 0.3) is 5.91 Å². The predicted molar refractivity (Wildman–Crippen MR) is 97.4 cm³/mol. The number of nitrogens with one attached hydrogen (secondary N) is 1. The van der Waals surface area contributed by atoms with Crippen LogP contribution >= 0.6 is 0 Å². The van der Waals surface area contributed by atoms with Gasteiger partial charge in [0.1, 0.15) is 11.6 Å². The molecule has 0 spiro atoms. The van der Waals surface area contributed by atoms with Gasteiger partial charge in [-0.05, 0) is 36.3 Å². The van der Waals surface area contributed by atoms with Crippen LogP contribution in [0.1, 0.15) is 16.7 Å². The second kappa shape index (κ2) is 7.98. The maximum Gasteiger partial charge on any atom is 0.262 e. The molecule has 0 atom stereocenters. The maximum absolute atomic E-state index is 12.2. The van der Waals surface area contributed by atoms with Crippen molar-refractivity contribution in [2.45, 2.75) is 13.5 Å². The number of aryl methyl sites for hydroxylation is 1. The first-order valence-corrected chi connectivity index (χ1v) is 7.72. The normalized spacial score (nSPS) is 10.8. The summed E-state index contributed by atoms with van der Waals surface area (Å²) < 4.78 is 0. The number of hydrogen-bond donors (Lipinski definition) is 1. The van der Waals surface area contributed by atoms with Crippen LogP contribution in [0.25, 0.3) is 6.08 Å². The Morgan fingerprint density at radius 3 is 2.29 bits per heavy atom. The Morgan fingerprint density at radius 2 is 1.75 bits per heavy atom. The molecule has 0 radical (unpaired) electrons. The number of rotatable bonds is 5. The number of hydrogen-bond acceptors (Lipinski definition) is 3. The zero-order valence-corrected chi connectivity index (χ0v) is 14.2. The Morgan fingerprint density at radius 1 is 1.12 bits per heavy atom. The smallest absolute Gasteiger partial charge is 0.262 e. The van der Waals surface area contributed by atoms with Crippen LogP contribution in [0.3, 0.4) is 0 Å². The number of carbonyl (C=O) groups is 1. The van der Waals surface area contributed by atoms with Gasteiger partial charge in [0, 0.05) is 26.3 Å². The Bertz CT molecular complexity index is 766. The van der Waals surface area contributed by atoms with Crippen LogP contribution in [0.4, 0.5) is 5.69 Å². The first kappa shape index (κ1) is 17.3. The average molecular weight is 319 g/mol. The molecule has 0 aliphatic rings. The molecule has 0 bridgehead atoms. The van der Waals surface area contributed by atoms with Crippen molar-refractivity contribution in [1.29, 1.82) is 5.26 Å². The Hall–Kier alpha value is -3.06. The summed E-state index contributed by atoms with van der Waals surface area (Å²) >= 11 is 0. The van der Waals surface area contributed by atoms with Crippen molar-refractivity contribution in [1.82, 2.24) is 5.32 Å². The molecule has 0 fully saturated rings. The molecule has 2 aromatic rings. The summed E-state index contributed by atoms with van der Waals surface area (Å²) in [5, 5.41) is 12.0. The Labute approximate surface area is 143 Å². The molecule has 4 heteroatoms. The van der Waals surface area contributed by atoms with Crippen molar-refractivity contribution in [2.75, 3.05) is 19.0 Å². The summed E-state index contributed by atoms with van der Waals surface area (Å²) in [6, 6.07) is 17.6. The van der Waals surface area contributed by atoms with Gasteiger partial charge in [0.05, 0.1) is 0 Å². The molecule has 0 saturated carbocycles. The largest absolute Gasteiger partial charge is 0.378 e. The van der Waals surface area contributed by atoms with E-state index in [0.717, 1.165) is 16.8 Å². The molecule has 2 rings (SSSR count). The van der Waals surface area contributed by atoms with Crippen LogP contribution < -0.4 is 10.2 Å². The van der Waals surface area contributed by atoms with E-state index in [2.05, 4.69) is 5.32 Å². The standard InChI is InChI=1S/C20H21N3O/c1-15-4-6-17(7-5-15)14-22-20(24)18(13-21)12-16-8-10-19(11-9-16)23(2)3/h4-12H,14H2,1-3H3,(H,22,24)/b18-12-. The third kappa shape index (κ3) is 4.72. The van der Waals surface area contributed by atoms with Crippen LogP contribution in [0, 0.1) is 18.3 Å². The van der Waals surface area contributed by atoms with Gasteiger partial charge in [-0.1, -0.05) is 42.0 Å². The van der Waals surface area contributed by atoms with Gasteiger partial charge in [-0.15, -0.1) is 0 Å². The van der Waals surface area contributed by atoms with Crippen LogP contribution in [0.5, 0.6) is 0 Å². The summed E-state index contributed by atoms with van der Waals surface area (Å²) in [4.78, 5) is 14.2. The average Bonchev–Trinajstić information content (AvgIpc) is 2.59. The summed E-state index contributed by atoms with van der Waals surface area (Å²) in [6.07, 6.45) is 1.60. The number of anilines is 1. The van der Waals surface area contributed by atoms with Gasteiger partial charge < -0.3 is 10.2 Å². The first-order chi connectivity index (χ1) is 11.5. The van der Waals surface area contributed by atoms with Crippen LogP contribution in [0.2, 0.25) is 0 Å². The minimum Gasteiger partial charge on any atom is -0.378 e. The molecule has 1 N–H and O–H groups in total. The highest BCUT2D eigenvalue weighted by Crippen LogP contribution is 2.14. The molecular formula is C20H21N3O. The second-order valence-electron chi connectivity index (χ2n) is 5.82. The zero-order chi connectivity index (χ0) is 17.5. The molecule has 122 valence electrons. The fraction of sp³-hybridized carbons (Fsp3) is 0.200. The van der Waals surface area contributed by atoms with E-state index < -0.39 is 0 Å². The highest BCUT2D eigenvalue weighted by atomic mass is 16.1. The van der Waals surface area contributed by atoms with Gasteiger partial charge in [-0.25, -0.2) is 0 Å². The SMILES string of the molecule is Cc1ccc(CNC(=O)/C(C#N)=C\c2ccc(N(C)C)cc2)cc1. The molecule has 2 aromatic carbocycles. The minimum absolute atomic E-state index is 0.0970. The molecule has 4 nitrogen and oxygen atoms in total. The lowest BCUT2D eigenvalue weighted by molar-refractivity contribution is -0.117. The maximum atomic E-state index is 12.2. The van der Waals surface area contributed by atoms with Crippen molar-refractivity contribution in [3.8, 4) is 6.07 Å². The molecule has 0 heterocycles. The molecule has 0 unspecified atom stereocenters. The highest BCUT2D eigenvalue weighted by Gasteiger charge is 2.08. The summed E-state index contributed by atoms with van der Waals surface area (Å²) in [5.74, 6) is -0.366. The Kier molecular flexibility index (Phi) is 5.75. The number of amides is 1. The van der Waals surface area contributed by atoms with Gasteiger partial charge in [0.15, 0.2) is 0 Å². The fourth-order valence-corrected chi connectivity index (χ4v) is 2.17. The van der Waals surface area contributed by atoms with Crippen LogP contribution in [-0.4, -0.2) is 20.0 Å². The minimum atomic E-state index is -0.366. The molecule has 1 amide bonds. The van der Waals surface area contributed by atoms with Gasteiger partial charge in [0.2, 0.25) is 0 Å². The third-order valence-electron chi connectivity index (χ3n) is 3.66. The molecule has 0 aromatic heterocycles. The van der Waals surface area contributed by atoms with E-state index >= 15 is 0 Å². The van der Waals surface area contributed by atoms with Crippen molar-refractivity contribution < 1.29 is 4.79 Å². The Balaban J connectivity index is 2.05. The van der Waals surface area contributed by atoms with E-state index in [9.17, 15) is 10.1 Å². The van der Waals surface area contributed by atoms with Crippen LogP contribution in [-0.2, 0) is 11.3 Å². The van der Waals surface area contributed by atoms with Crippen molar-refractivity contribution in [3.63, 3.8) is 0 Å². The molecular weight excluding hydrogens is 298 g/mol. The molecule has 24 heavy (non-hydrogen) atoms. The molecule has 0 aliphatic heterocycles. The number of nitrogens with zero attached hydrogens (tertiary/aromatic N) is 2. The van der Waals surface area contributed by atoms with E-state index in [4.69, 9.17) is 0 Å². The second-order valence-corrected chi connectivity index (χ2v) is 5.82. The van der Waals surface area contributed by atoms with E-state index in [1.54, 1.807) is 6.08 Å². The van der Waals surface area contributed by atoms with Crippen molar-refractivity contribution in [2.24, 2.45) is 0 Å². The van der Waals surface area contributed by atoms with Gasteiger partial charge in [-0.3, -0.25) is 4.79 Å². The summed E-state index contributed by atoms with van der Waals surface area (Å²) in [5.41, 5.74) is 4.15. The number of benzene rings is 2. The molecule has 0 aliphatic carbocycles. The monoisotopic (exact) mass is 319 g/mol. The lowest BCUT2D eigenvalue weighted by atomic mass is 10.1. The summed E-state index contributed by atoms with van der Waals surface area (Å²) in [7, 11) is 3.92. The zero-order valence-electron chi connectivity index (χ0n) is 14.2. The van der Waals surface area contributed by atoms with Crippen molar-refractivity contribution in [3.05, 3.63) is 70.8 Å². The lowest BCUT2D eigenvalue weighted by Gasteiger charge is -2.12.